The lowest BCUT2D eigenvalue weighted by atomic mass is 9.83. The van der Waals surface area contributed by atoms with E-state index in [-0.39, 0.29) is 29.9 Å². The smallest absolute Gasteiger partial charge is 0.410 e. The van der Waals surface area contributed by atoms with Gasteiger partial charge in [0.2, 0.25) is 0 Å². The van der Waals surface area contributed by atoms with Crippen LogP contribution in [0.1, 0.15) is 68.7 Å². The molecule has 1 aromatic rings. The highest BCUT2D eigenvalue weighted by atomic mass is 16.7. The first kappa shape index (κ1) is 19.4. The van der Waals surface area contributed by atoms with Gasteiger partial charge in [-0.25, -0.2) is 4.79 Å². The number of hydrogen-bond acceptors (Lipinski definition) is 5. The van der Waals surface area contributed by atoms with E-state index < -0.39 is 11.9 Å². The SMILES string of the molecule is CC(C)(C)OC(=O)N1C2CCC1CC(C(=O)c1ccccc1C1OCCO1)C2. The van der Waals surface area contributed by atoms with E-state index >= 15 is 0 Å². The molecule has 0 aliphatic carbocycles. The van der Waals surface area contributed by atoms with Crippen molar-refractivity contribution < 1.29 is 23.8 Å². The van der Waals surface area contributed by atoms with Gasteiger partial charge in [-0.05, 0) is 46.5 Å². The second kappa shape index (κ2) is 7.48. The molecule has 0 N–H and O–H groups in total. The molecule has 4 rings (SSSR count). The van der Waals surface area contributed by atoms with Crippen molar-refractivity contribution in [3.63, 3.8) is 0 Å². The quantitative estimate of drug-likeness (QED) is 0.731. The van der Waals surface area contributed by atoms with E-state index in [1.54, 1.807) is 0 Å². The van der Waals surface area contributed by atoms with Gasteiger partial charge >= 0.3 is 6.09 Å². The molecular weight excluding hydrogens is 358 g/mol. The summed E-state index contributed by atoms with van der Waals surface area (Å²) in [7, 11) is 0. The van der Waals surface area contributed by atoms with Crippen molar-refractivity contribution in [2.75, 3.05) is 13.2 Å². The average Bonchev–Trinajstić information content (AvgIpc) is 3.26. The van der Waals surface area contributed by atoms with E-state index in [4.69, 9.17) is 14.2 Å². The minimum absolute atomic E-state index is 0.0775. The van der Waals surface area contributed by atoms with Gasteiger partial charge in [0, 0.05) is 29.1 Å². The monoisotopic (exact) mass is 387 g/mol. The molecule has 2 atom stereocenters. The van der Waals surface area contributed by atoms with Crippen molar-refractivity contribution in [2.45, 2.75) is 70.4 Å². The number of carbonyl (C=O) groups is 2. The van der Waals surface area contributed by atoms with Gasteiger partial charge in [0.1, 0.15) is 5.60 Å². The number of nitrogens with zero attached hydrogens (tertiary/aromatic N) is 1. The number of Topliss-reactive ketones (excluding diaryl/α,β-unsaturated/α-hetero) is 1. The third kappa shape index (κ3) is 3.80. The summed E-state index contributed by atoms with van der Waals surface area (Å²) in [6, 6.07) is 7.73. The lowest BCUT2D eigenvalue weighted by Crippen LogP contribution is -2.49. The fourth-order valence-electron chi connectivity index (χ4n) is 4.69. The minimum atomic E-state index is -0.511. The van der Waals surface area contributed by atoms with Gasteiger partial charge in [0.15, 0.2) is 12.1 Å². The van der Waals surface area contributed by atoms with Crippen LogP contribution in [0.25, 0.3) is 0 Å². The lowest BCUT2D eigenvalue weighted by Gasteiger charge is -2.39. The Balaban J connectivity index is 1.49. The van der Waals surface area contributed by atoms with Gasteiger partial charge < -0.3 is 19.1 Å². The number of hydrogen-bond donors (Lipinski definition) is 0. The van der Waals surface area contributed by atoms with Crippen LogP contribution in [-0.2, 0) is 14.2 Å². The molecule has 2 unspecified atom stereocenters. The van der Waals surface area contributed by atoms with E-state index in [1.807, 2.05) is 49.9 Å². The Morgan fingerprint density at radius 2 is 1.64 bits per heavy atom. The number of rotatable bonds is 3. The summed E-state index contributed by atoms with van der Waals surface area (Å²) < 4.78 is 16.8. The molecule has 0 spiro atoms. The summed E-state index contributed by atoms with van der Waals surface area (Å²) in [4.78, 5) is 27.9. The Morgan fingerprint density at radius 1 is 1.04 bits per heavy atom. The van der Waals surface area contributed by atoms with E-state index in [9.17, 15) is 9.59 Å². The highest BCUT2D eigenvalue weighted by Crippen LogP contribution is 2.41. The molecule has 2 bridgehead atoms. The number of amides is 1. The molecule has 28 heavy (non-hydrogen) atoms. The number of ketones is 1. The Kier molecular flexibility index (Phi) is 5.19. The van der Waals surface area contributed by atoms with Crippen LogP contribution in [0.4, 0.5) is 4.79 Å². The predicted octanol–water partition coefficient (Wildman–Crippen LogP) is 4.09. The van der Waals surface area contributed by atoms with Gasteiger partial charge in [0.25, 0.3) is 0 Å². The molecule has 3 aliphatic rings. The molecule has 3 heterocycles. The first-order valence-electron chi connectivity index (χ1n) is 10.2. The van der Waals surface area contributed by atoms with E-state index in [0.717, 1.165) is 18.4 Å². The predicted molar refractivity (Wildman–Crippen MR) is 103 cm³/mol. The molecule has 6 nitrogen and oxygen atoms in total. The molecule has 152 valence electrons. The van der Waals surface area contributed by atoms with Gasteiger partial charge in [-0.3, -0.25) is 4.79 Å². The zero-order valence-corrected chi connectivity index (χ0v) is 16.8. The normalized spacial score (nSPS) is 27.8. The first-order chi connectivity index (χ1) is 13.3. The summed E-state index contributed by atoms with van der Waals surface area (Å²) in [5.74, 6) is 0.0502. The second-order valence-electron chi connectivity index (χ2n) is 8.97. The van der Waals surface area contributed by atoms with E-state index in [1.165, 1.54) is 0 Å². The first-order valence-corrected chi connectivity index (χ1v) is 10.2. The van der Waals surface area contributed by atoms with Crippen LogP contribution in [0.2, 0.25) is 0 Å². The average molecular weight is 387 g/mol. The highest BCUT2D eigenvalue weighted by molar-refractivity contribution is 5.99. The molecular formula is C22H29NO5. The second-order valence-corrected chi connectivity index (χ2v) is 8.97. The molecule has 6 heteroatoms. The fourth-order valence-corrected chi connectivity index (χ4v) is 4.69. The molecule has 3 fully saturated rings. The Hall–Kier alpha value is -1.92. The molecule has 3 saturated heterocycles. The standard InChI is InChI=1S/C22H29NO5/c1-22(2,3)28-21(25)23-15-8-9-16(23)13-14(12-15)19(24)17-6-4-5-7-18(17)20-26-10-11-27-20/h4-7,14-16,20H,8-13H2,1-3H3. The third-order valence-corrected chi connectivity index (χ3v) is 5.81. The van der Waals surface area contributed by atoms with Crippen LogP contribution >= 0.6 is 0 Å². The van der Waals surface area contributed by atoms with Gasteiger partial charge in [0.05, 0.1) is 13.2 Å². The maximum atomic E-state index is 13.4. The van der Waals surface area contributed by atoms with Crippen LogP contribution in [0, 0.1) is 5.92 Å². The van der Waals surface area contributed by atoms with Crippen molar-refractivity contribution in [3.05, 3.63) is 35.4 Å². The van der Waals surface area contributed by atoms with Crippen molar-refractivity contribution in [1.29, 1.82) is 0 Å². The number of benzene rings is 1. The zero-order chi connectivity index (χ0) is 19.9. The maximum Gasteiger partial charge on any atom is 0.410 e. The summed E-state index contributed by atoms with van der Waals surface area (Å²) in [6.45, 7) is 6.74. The van der Waals surface area contributed by atoms with E-state index in [0.29, 0.717) is 31.6 Å². The Bertz CT molecular complexity index is 736. The van der Waals surface area contributed by atoms with Crippen molar-refractivity contribution in [1.82, 2.24) is 4.90 Å². The summed E-state index contributed by atoms with van der Waals surface area (Å²) in [5.41, 5.74) is 0.986. The summed E-state index contributed by atoms with van der Waals surface area (Å²) >= 11 is 0. The number of piperidine rings is 1. The maximum absolute atomic E-state index is 13.4. The topological polar surface area (TPSA) is 65.1 Å². The van der Waals surface area contributed by atoms with Crippen LogP contribution < -0.4 is 0 Å². The number of fused-ring (bicyclic) bond motifs is 2. The molecule has 0 aromatic heterocycles. The van der Waals surface area contributed by atoms with Gasteiger partial charge in [-0.2, -0.15) is 0 Å². The Labute approximate surface area is 166 Å². The van der Waals surface area contributed by atoms with Crippen molar-refractivity contribution in [2.24, 2.45) is 5.92 Å². The van der Waals surface area contributed by atoms with Crippen LogP contribution in [-0.4, -0.2) is 47.7 Å². The van der Waals surface area contributed by atoms with Crippen LogP contribution in [0.3, 0.4) is 0 Å². The largest absolute Gasteiger partial charge is 0.444 e. The van der Waals surface area contributed by atoms with Gasteiger partial charge in [-0.15, -0.1) is 0 Å². The molecule has 0 radical (unpaired) electrons. The van der Waals surface area contributed by atoms with Crippen molar-refractivity contribution in [3.8, 4) is 0 Å². The summed E-state index contributed by atoms with van der Waals surface area (Å²) in [6.07, 6.45) is 2.54. The molecule has 3 aliphatic heterocycles. The van der Waals surface area contributed by atoms with Crippen LogP contribution in [0.5, 0.6) is 0 Å². The minimum Gasteiger partial charge on any atom is -0.444 e. The van der Waals surface area contributed by atoms with Gasteiger partial charge in [-0.1, -0.05) is 24.3 Å². The number of ether oxygens (including phenoxy) is 3. The highest BCUT2D eigenvalue weighted by Gasteiger charge is 2.46. The summed E-state index contributed by atoms with van der Waals surface area (Å²) in [5, 5.41) is 0. The number of carbonyl (C=O) groups excluding carboxylic acids is 2. The van der Waals surface area contributed by atoms with Crippen LogP contribution in [0.15, 0.2) is 24.3 Å². The third-order valence-electron chi connectivity index (χ3n) is 5.81. The zero-order valence-electron chi connectivity index (χ0n) is 16.8. The van der Waals surface area contributed by atoms with Crippen molar-refractivity contribution >= 4 is 11.9 Å². The lowest BCUT2D eigenvalue weighted by molar-refractivity contribution is -0.0446. The van der Waals surface area contributed by atoms with E-state index in [2.05, 4.69) is 0 Å². The molecule has 1 aromatic carbocycles. The molecule has 0 saturated carbocycles. The molecule has 1 amide bonds. The fraction of sp³-hybridized carbons (Fsp3) is 0.636. The Morgan fingerprint density at radius 3 is 2.25 bits per heavy atom.